The number of ketones is 1. The molecule has 0 N–H and O–H groups in total. The number of rotatable bonds is 9. The third kappa shape index (κ3) is 3.47. The molecule has 0 bridgehead atoms. The summed E-state index contributed by atoms with van der Waals surface area (Å²) in [5.74, 6) is 0.888. The molecule has 0 aromatic carbocycles. The zero-order valence-corrected chi connectivity index (χ0v) is 14.7. The predicted molar refractivity (Wildman–Crippen MR) is 84.9 cm³/mol. The fourth-order valence-corrected chi connectivity index (χ4v) is 5.57. The van der Waals surface area contributed by atoms with Crippen molar-refractivity contribution >= 4 is 13.4 Å². The Morgan fingerprint density at radius 2 is 1.86 bits per heavy atom. The summed E-state index contributed by atoms with van der Waals surface area (Å²) in [5.41, 5.74) is 0.142. The normalized spacial score (nSPS) is 24.8. The van der Waals surface area contributed by atoms with Crippen LogP contribution in [0.25, 0.3) is 0 Å². The van der Waals surface area contributed by atoms with Crippen molar-refractivity contribution in [1.29, 1.82) is 0 Å². The van der Waals surface area contributed by atoms with Gasteiger partial charge in [-0.1, -0.05) is 19.8 Å². The molecular weight excluding hydrogens is 303 g/mol. The van der Waals surface area contributed by atoms with Gasteiger partial charge in [0.25, 0.3) is 0 Å². The van der Waals surface area contributed by atoms with E-state index in [1.165, 1.54) is 0 Å². The Kier molecular flexibility index (Phi) is 6.25. The van der Waals surface area contributed by atoms with Gasteiger partial charge in [-0.3, -0.25) is 9.36 Å². The Hall–Kier alpha value is -0.640. The van der Waals surface area contributed by atoms with E-state index in [-0.39, 0.29) is 24.9 Å². The number of allylic oxidation sites excluding steroid dienone is 1. The molecule has 22 heavy (non-hydrogen) atoms. The van der Waals surface area contributed by atoms with Gasteiger partial charge in [-0.2, -0.15) is 0 Å². The van der Waals surface area contributed by atoms with E-state index in [1.807, 2.05) is 0 Å². The van der Waals surface area contributed by atoms with Crippen molar-refractivity contribution in [2.45, 2.75) is 58.5 Å². The molecule has 5 nitrogen and oxygen atoms in total. The lowest BCUT2D eigenvalue weighted by Crippen LogP contribution is -2.20. The molecule has 2 rings (SSSR count). The molecule has 0 amide bonds. The largest absolute Gasteiger partial charge is 0.497 e. The zero-order valence-electron chi connectivity index (χ0n) is 13.8. The molecule has 1 heterocycles. The topological polar surface area (TPSA) is 61.8 Å². The van der Waals surface area contributed by atoms with E-state index in [2.05, 4.69) is 6.92 Å². The van der Waals surface area contributed by atoms with E-state index in [0.717, 1.165) is 37.0 Å². The van der Waals surface area contributed by atoms with Gasteiger partial charge >= 0.3 is 7.60 Å². The Morgan fingerprint density at radius 3 is 2.45 bits per heavy atom. The average molecular weight is 330 g/mol. The minimum Gasteiger partial charge on any atom is -0.497 e. The summed E-state index contributed by atoms with van der Waals surface area (Å²) in [6.07, 6.45) is 4.47. The summed E-state index contributed by atoms with van der Waals surface area (Å²) in [6.45, 7) is 6.75. The summed E-state index contributed by atoms with van der Waals surface area (Å²) in [6, 6.07) is 0. The monoisotopic (exact) mass is 330 g/mol. The number of hydrogen-bond acceptors (Lipinski definition) is 5. The summed E-state index contributed by atoms with van der Waals surface area (Å²) in [5, 5.41) is 0. The van der Waals surface area contributed by atoms with Crippen LogP contribution in [0.3, 0.4) is 0 Å². The molecule has 1 aliphatic heterocycles. The van der Waals surface area contributed by atoms with Crippen molar-refractivity contribution in [3.8, 4) is 0 Å². The minimum atomic E-state index is -3.46. The molecule has 0 radical (unpaired) electrons. The lowest BCUT2D eigenvalue weighted by molar-refractivity contribution is -0.117. The molecule has 2 unspecified atom stereocenters. The first kappa shape index (κ1) is 17.7. The van der Waals surface area contributed by atoms with Gasteiger partial charge < -0.3 is 13.8 Å². The molecule has 0 aromatic heterocycles. The van der Waals surface area contributed by atoms with Crippen molar-refractivity contribution in [2.75, 3.05) is 19.8 Å². The summed E-state index contributed by atoms with van der Waals surface area (Å²) >= 11 is 0. The first-order chi connectivity index (χ1) is 10.6. The van der Waals surface area contributed by atoms with Crippen LogP contribution in [0.4, 0.5) is 0 Å². The number of fused-ring (bicyclic) bond motifs is 1. The summed E-state index contributed by atoms with van der Waals surface area (Å²) in [7, 11) is -3.46. The van der Waals surface area contributed by atoms with E-state index in [9.17, 15) is 9.36 Å². The second kappa shape index (κ2) is 7.76. The molecule has 126 valence electrons. The maximum absolute atomic E-state index is 13.1. The molecule has 1 aliphatic carbocycles. The van der Waals surface area contributed by atoms with Crippen LogP contribution in [0, 0.1) is 5.92 Å². The Labute approximate surface area is 132 Å². The molecule has 2 atom stereocenters. The highest BCUT2D eigenvalue weighted by molar-refractivity contribution is 7.56. The van der Waals surface area contributed by atoms with Crippen LogP contribution >= 0.6 is 7.60 Å². The first-order valence-corrected chi connectivity index (χ1v) is 9.95. The number of carbonyl (C=O) groups is 1. The third-order valence-corrected chi connectivity index (χ3v) is 6.64. The van der Waals surface area contributed by atoms with E-state index in [1.54, 1.807) is 13.8 Å². The van der Waals surface area contributed by atoms with Gasteiger partial charge in [0.15, 0.2) is 5.78 Å². The maximum Gasteiger partial charge on any atom is 0.345 e. The van der Waals surface area contributed by atoms with Gasteiger partial charge in [0.05, 0.1) is 25.6 Å². The number of hydrogen-bond donors (Lipinski definition) is 0. The highest BCUT2D eigenvalue weighted by atomic mass is 31.2. The number of unbranched alkanes of at least 4 members (excludes halogenated alkanes) is 2. The maximum atomic E-state index is 13.1. The lowest BCUT2D eigenvalue weighted by atomic mass is 10.0. The number of carbonyl (C=O) groups excluding carboxylic acids is 1. The summed E-state index contributed by atoms with van der Waals surface area (Å²) < 4.78 is 29.7. The first-order valence-electron chi connectivity index (χ1n) is 8.34. The molecule has 6 heteroatoms. The quantitative estimate of drug-likeness (QED) is 0.471. The third-order valence-electron chi connectivity index (χ3n) is 4.21. The second-order valence-electron chi connectivity index (χ2n) is 5.79. The molecule has 1 saturated carbocycles. The Balaban J connectivity index is 2.29. The fraction of sp³-hybridized carbons (Fsp3) is 0.812. The van der Waals surface area contributed by atoms with Crippen molar-refractivity contribution in [3.63, 3.8) is 0 Å². The van der Waals surface area contributed by atoms with Gasteiger partial charge in [0, 0.05) is 18.8 Å². The molecular formula is C16H27O5P. The SMILES string of the molecule is CCCCCC1=C2C(CO1)CC(=O)C2P(=O)(OCC)OCC. The van der Waals surface area contributed by atoms with Crippen LogP contribution in [0.1, 0.15) is 52.9 Å². The van der Waals surface area contributed by atoms with Gasteiger partial charge in [-0.15, -0.1) is 0 Å². The predicted octanol–water partition coefficient (Wildman–Crippen LogP) is 4.07. The van der Waals surface area contributed by atoms with Crippen molar-refractivity contribution in [1.82, 2.24) is 0 Å². The lowest BCUT2D eigenvalue weighted by Gasteiger charge is -2.23. The number of Topliss-reactive ketones (excluding diaryl/α,β-unsaturated/α-hetero) is 1. The van der Waals surface area contributed by atoms with E-state index in [0.29, 0.717) is 13.0 Å². The molecule has 0 saturated heterocycles. The van der Waals surface area contributed by atoms with Crippen LogP contribution in [-0.2, 0) is 23.1 Å². The van der Waals surface area contributed by atoms with Crippen molar-refractivity contribution < 1.29 is 23.1 Å². The zero-order chi connectivity index (χ0) is 16.2. The van der Waals surface area contributed by atoms with Crippen molar-refractivity contribution in [3.05, 3.63) is 11.3 Å². The highest BCUT2D eigenvalue weighted by Gasteiger charge is 2.53. The highest BCUT2D eigenvalue weighted by Crippen LogP contribution is 2.61. The molecule has 0 aromatic rings. The van der Waals surface area contributed by atoms with E-state index < -0.39 is 13.3 Å². The Morgan fingerprint density at radius 1 is 1.18 bits per heavy atom. The smallest absolute Gasteiger partial charge is 0.345 e. The van der Waals surface area contributed by atoms with Gasteiger partial charge in [-0.25, -0.2) is 0 Å². The van der Waals surface area contributed by atoms with Crippen LogP contribution in [0.2, 0.25) is 0 Å². The Bertz CT molecular complexity index is 475. The molecule has 1 fully saturated rings. The van der Waals surface area contributed by atoms with Crippen LogP contribution < -0.4 is 0 Å². The van der Waals surface area contributed by atoms with Crippen LogP contribution in [-0.4, -0.2) is 31.3 Å². The van der Waals surface area contributed by atoms with E-state index in [4.69, 9.17) is 13.8 Å². The summed E-state index contributed by atoms with van der Waals surface area (Å²) in [4.78, 5) is 12.4. The van der Waals surface area contributed by atoms with Crippen LogP contribution in [0.15, 0.2) is 11.3 Å². The van der Waals surface area contributed by atoms with E-state index >= 15 is 0 Å². The average Bonchev–Trinajstić information content (AvgIpc) is 2.98. The second-order valence-corrected chi connectivity index (χ2v) is 7.90. The van der Waals surface area contributed by atoms with Gasteiger partial charge in [-0.05, 0) is 25.8 Å². The fourth-order valence-electron chi connectivity index (χ4n) is 3.32. The van der Waals surface area contributed by atoms with Gasteiger partial charge in [0.2, 0.25) is 0 Å². The van der Waals surface area contributed by atoms with Gasteiger partial charge in [0.1, 0.15) is 5.66 Å². The van der Waals surface area contributed by atoms with Crippen LogP contribution in [0.5, 0.6) is 0 Å². The van der Waals surface area contributed by atoms with Crippen molar-refractivity contribution in [2.24, 2.45) is 5.92 Å². The minimum absolute atomic E-state index is 0.0264. The number of ether oxygens (including phenoxy) is 1. The molecule has 0 spiro atoms. The standard InChI is InChI=1S/C16H27O5P/c1-4-7-8-9-14-15-12(11-19-14)10-13(17)16(15)22(18,20-5-2)21-6-3/h12,16H,4-11H2,1-3H3. The molecule has 2 aliphatic rings.